The summed E-state index contributed by atoms with van der Waals surface area (Å²) < 4.78 is 4.44. The molecule has 7 nitrogen and oxygen atoms in total. The molecule has 2 amide bonds. The van der Waals surface area contributed by atoms with Crippen molar-refractivity contribution in [2.45, 2.75) is 82.6 Å². The zero-order valence-corrected chi connectivity index (χ0v) is 18.0. The third kappa shape index (κ3) is 108. The van der Waals surface area contributed by atoms with E-state index in [-0.39, 0.29) is 52.8 Å². The Balaban J connectivity index is -0.0000000289. The fourth-order valence-electron chi connectivity index (χ4n) is 0.754. The van der Waals surface area contributed by atoms with Crippen molar-refractivity contribution in [2.75, 3.05) is 33.3 Å². The normalized spacial score (nSPS) is 6.81. The molecule has 0 aliphatic heterocycles. The van der Waals surface area contributed by atoms with Gasteiger partial charge in [0.1, 0.15) is 0 Å². The van der Waals surface area contributed by atoms with Crippen molar-refractivity contribution in [2.24, 2.45) is 5.73 Å². The minimum Gasteiger partial charge on any atom is -0.450 e. The summed E-state index contributed by atoms with van der Waals surface area (Å²) in [4.78, 5) is 20.2. The minimum absolute atomic E-state index is 0. The van der Waals surface area contributed by atoms with Gasteiger partial charge in [-0.15, -0.1) is 0 Å². The maximum atomic E-state index is 10.1. The molecule has 0 aromatic heterocycles. The molecule has 7 N–H and O–H groups in total. The molecule has 0 saturated carbocycles. The van der Waals surface area contributed by atoms with Gasteiger partial charge in [0.2, 0.25) is 5.91 Å². The number of alkyl carbamates (subject to hydrolysis) is 1. The van der Waals surface area contributed by atoms with Crippen molar-refractivity contribution >= 4 is 12.0 Å². The minimum atomic E-state index is -0.373. The fraction of sp³-hybridized carbons (Fsp3) is 0.895. The van der Waals surface area contributed by atoms with Crippen LogP contribution in [0.2, 0.25) is 0 Å². The smallest absolute Gasteiger partial charge is 0.406 e. The predicted octanol–water partition coefficient (Wildman–Crippen LogP) is 3.18. The molecule has 0 bridgehead atoms. The van der Waals surface area contributed by atoms with Crippen LogP contribution in [0.1, 0.15) is 82.6 Å². The van der Waals surface area contributed by atoms with Crippen LogP contribution in [0, 0.1) is 0 Å². The van der Waals surface area contributed by atoms with E-state index in [2.05, 4.69) is 35.0 Å². The van der Waals surface area contributed by atoms with Gasteiger partial charge < -0.3 is 26.8 Å². The van der Waals surface area contributed by atoms with Crippen LogP contribution >= 0.6 is 0 Å². The molecule has 0 saturated heterocycles. The van der Waals surface area contributed by atoms with Crippen molar-refractivity contribution in [1.29, 1.82) is 0 Å². The first-order valence-electron chi connectivity index (χ1n) is 8.49. The maximum Gasteiger partial charge on any atom is 0.406 e. The van der Waals surface area contributed by atoms with Gasteiger partial charge in [0.15, 0.2) is 0 Å². The number of ether oxygens (including phenoxy) is 1. The fourth-order valence-corrected chi connectivity index (χ4v) is 0.754. The number of hydrogen-bond acceptors (Lipinski definition) is 4. The Morgan fingerprint density at radius 3 is 1.52 bits per heavy atom. The second kappa shape index (κ2) is 56.2. The predicted molar refractivity (Wildman–Crippen MR) is 117 cm³/mol. The van der Waals surface area contributed by atoms with Crippen LogP contribution in [0.25, 0.3) is 0 Å². The number of carbonyl (C=O) groups excluding carboxylic acids is 2. The van der Waals surface area contributed by atoms with Gasteiger partial charge in [-0.2, -0.15) is 0 Å². The molecule has 0 aromatic rings. The third-order valence-electron chi connectivity index (χ3n) is 2.00. The standard InChI is InChI=1S/C5H11NO.C4H9NO2.C4H11N.C3H9N.3CH4.V/c1-3-4-6-5(2)7;1-3-7-4(6)5-2;1-2-3-4-5;1-2-3-4;;;;/h3-4H2,1-2H3,(H,6,7);3H2,1-2H3,(H,5,6);2-5H2,1H3;2-4H2,1H3;3*1H4;/p+1. The largest absolute Gasteiger partial charge is 0.450 e. The van der Waals surface area contributed by atoms with Crippen molar-refractivity contribution in [3.63, 3.8) is 0 Å². The molecule has 8 heteroatoms. The van der Waals surface area contributed by atoms with E-state index in [1.165, 1.54) is 26.8 Å². The first kappa shape index (κ1) is 50.2. The molecule has 0 spiro atoms. The molecule has 0 aliphatic rings. The van der Waals surface area contributed by atoms with Gasteiger partial charge in [-0.1, -0.05) is 49.5 Å². The monoisotopic (exact) mass is 436 g/mol. The van der Waals surface area contributed by atoms with Crippen LogP contribution in [0.3, 0.4) is 0 Å². The quantitative estimate of drug-likeness (QED) is 0.511. The Kier molecular flexibility index (Phi) is 105. The van der Waals surface area contributed by atoms with Gasteiger partial charge in [0, 0.05) is 39.1 Å². The number of quaternary nitrogens is 1. The second-order valence-electron chi connectivity index (χ2n) is 4.45. The van der Waals surface area contributed by atoms with E-state index in [0.29, 0.717) is 6.61 Å². The van der Waals surface area contributed by atoms with Crippen LogP contribution in [0.15, 0.2) is 0 Å². The van der Waals surface area contributed by atoms with Gasteiger partial charge in [-0.05, 0) is 32.7 Å². The average molecular weight is 437 g/mol. The zero-order chi connectivity index (χ0) is 18.9. The number of hydrogen-bond donors (Lipinski definition) is 4. The van der Waals surface area contributed by atoms with Crippen molar-refractivity contribution in [3.05, 3.63) is 0 Å². The molecule has 0 rings (SSSR count). The number of unbranched alkanes of at least 4 members (excludes halogenated alkanes) is 1. The number of carbonyl (C=O) groups is 2. The number of amides is 2. The first-order chi connectivity index (χ1) is 10.9. The Morgan fingerprint density at radius 2 is 1.44 bits per heavy atom. The molecule has 171 valence electrons. The molecule has 0 fully saturated rings. The van der Waals surface area contributed by atoms with Gasteiger partial charge >= 0.3 is 6.09 Å². The molecular weight excluding hydrogens is 383 g/mol. The Labute approximate surface area is 183 Å². The zero-order valence-electron chi connectivity index (χ0n) is 16.6. The number of rotatable bonds is 6. The second-order valence-corrected chi connectivity index (χ2v) is 4.45. The molecule has 27 heavy (non-hydrogen) atoms. The van der Waals surface area contributed by atoms with E-state index in [1.54, 1.807) is 6.92 Å². The summed E-state index contributed by atoms with van der Waals surface area (Å²) in [6.07, 6.45) is 4.30. The van der Waals surface area contributed by atoms with Crippen molar-refractivity contribution in [3.8, 4) is 0 Å². The summed E-state index contributed by atoms with van der Waals surface area (Å²) in [5.74, 6) is 0.0573. The Bertz CT molecular complexity index is 231. The van der Waals surface area contributed by atoms with Crippen LogP contribution in [-0.4, -0.2) is 45.3 Å². The van der Waals surface area contributed by atoms with Crippen LogP contribution in [0.4, 0.5) is 4.79 Å². The van der Waals surface area contributed by atoms with Crippen LogP contribution < -0.4 is 22.1 Å². The Morgan fingerprint density at radius 1 is 1.00 bits per heavy atom. The van der Waals surface area contributed by atoms with Crippen molar-refractivity contribution < 1.29 is 38.6 Å². The summed E-state index contributed by atoms with van der Waals surface area (Å²) >= 11 is 0. The SMILES string of the molecule is C.C.C.CCCC[NH3+].CCCN.CCCNC(C)=O.CCOC(=O)NC.[V]. The molecule has 0 aromatic carbocycles. The number of nitrogens with two attached hydrogens (primary N) is 1. The topological polar surface area (TPSA) is 121 Å². The van der Waals surface area contributed by atoms with Gasteiger partial charge in [0.05, 0.1) is 13.2 Å². The Hall–Kier alpha value is -0.756. The van der Waals surface area contributed by atoms with Gasteiger partial charge in [-0.25, -0.2) is 4.79 Å². The van der Waals surface area contributed by atoms with E-state index in [0.717, 1.165) is 32.5 Å². The average Bonchev–Trinajstić information content (AvgIpc) is 2.55. The molecular formula is C19H53N4O3V+. The van der Waals surface area contributed by atoms with Crippen LogP contribution in [0.5, 0.6) is 0 Å². The maximum absolute atomic E-state index is 10.1. The molecule has 0 atom stereocenters. The first-order valence-corrected chi connectivity index (χ1v) is 8.49. The van der Waals surface area contributed by atoms with Gasteiger partial charge in [-0.3, -0.25) is 4.79 Å². The van der Waals surface area contributed by atoms with Crippen molar-refractivity contribution in [1.82, 2.24) is 10.6 Å². The molecule has 1 radical (unpaired) electrons. The third-order valence-corrected chi connectivity index (χ3v) is 2.00. The van der Waals surface area contributed by atoms with E-state index in [1.807, 2.05) is 6.92 Å². The summed E-state index contributed by atoms with van der Waals surface area (Å²) in [5, 5.41) is 4.96. The summed E-state index contributed by atoms with van der Waals surface area (Å²) in [6, 6.07) is 0. The molecule has 0 heterocycles. The van der Waals surface area contributed by atoms with E-state index >= 15 is 0 Å². The number of nitrogens with one attached hydrogen (secondary N) is 2. The summed E-state index contributed by atoms with van der Waals surface area (Å²) in [6.45, 7) is 12.7. The summed E-state index contributed by atoms with van der Waals surface area (Å²) in [7, 11) is 1.53. The van der Waals surface area contributed by atoms with E-state index in [4.69, 9.17) is 5.73 Å². The van der Waals surface area contributed by atoms with E-state index < -0.39 is 0 Å². The van der Waals surface area contributed by atoms with Crippen LogP contribution in [-0.2, 0) is 28.1 Å². The van der Waals surface area contributed by atoms with E-state index in [9.17, 15) is 9.59 Å². The van der Waals surface area contributed by atoms with Gasteiger partial charge in [0.25, 0.3) is 0 Å². The molecule has 0 unspecified atom stereocenters. The summed E-state index contributed by atoms with van der Waals surface area (Å²) in [5.41, 5.74) is 8.70. The molecule has 0 aliphatic carbocycles.